The number of rotatable bonds is 3. The standard InChI is InChI=1S/C21H20N6O/c1-13-14(2)21(26-25-19(13)10-22)27-7-5-18-17(12-27)8-16(11-24-18)15-4-6-23-20(9-15)28-3/h4,6,8-9,11H,5,7,12H2,1-3H3. The van der Waals surface area contributed by atoms with Gasteiger partial charge in [0.25, 0.3) is 0 Å². The van der Waals surface area contributed by atoms with Crippen LogP contribution in [-0.2, 0) is 13.0 Å². The van der Waals surface area contributed by atoms with Crippen molar-refractivity contribution in [1.82, 2.24) is 20.2 Å². The van der Waals surface area contributed by atoms with Crippen LogP contribution in [0.25, 0.3) is 11.1 Å². The van der Waals surface area contributed by atoms with E-state index < -0.39 is 0 Å². The number of nitriles is 1. The molecule has 7 heteroatoms. The van der Waals surface area contributed by atoms with Gasteiger partial charge in [0, 0.05) is 49.2 Å². The Balaban J connectivity index is 1.67. The minimum absolute atomic E-state index is 0.384. The van der Waals surface area contributed by atoms with Crippen LogP contribution in [0.15, 0.2) is 30.6 Å². The van der Waals surface area contributed by atoms with Crippen LogP contribution in [-0.4, -0.2) is 33.8 Å². The summed E-state index contributed by atoms with van der Waals surface area (Å²) >= 11 is 0. The molecule has 0 fully saturated rings. The minimum Gasteiger partial charge on any atom is -0.481 e. The smallest absolute Gasteiger partial charge is 0.213 e. The van der Waals surface area contributed by atoms with Crippen LogP contribution in [0.4, 0.5) is 5.82 Å². The predicted octanol–water partition coefficient (Wildman–Crippen LogP) is 2.99. The molecule has 0 N–H and O–H groups in total. The maximum Gasteiger partial charge on any atom is 0.213 e. The van der Waals surface area contributed by atoms with Gasteiger partial charge in [-0.2, -0.15) is 5.26 Å². The van der Waals surface area contributed by atoms with Gasteiger partial charge in [-0.25, -0.2) is 4.98 Å². The summed E-state index contributed by atoms with van der Waals surface area (Å²) in [6, 6.07) is 8.13. The quantitative estimate of drug-likeness (QED) is 0.698. The van der Waals surface area contributed by atoms with E-state index in [4.69, 9.17) is 10.00 Å². The van der Waals surface area contributed by atoms with Gasteiger partial charge in [-0.1, -0.05) is 0 Å². The van der Waals surface area contributed by atoms with Crippen molar-refractivity contribution in [2.45, 2.75) is 26.8 Å². The molecule has 3 aromatic heterocycles. The molecule has 1 aliphatic rings. The number of methoxy groups -OCH3 is 1. The first-order valence-electron chi connectivity index (χ1n) is 9.08. The Morgan fingerprint density at radius 2 is 1.96 bits per heavy atom. The lowest BCUT2D eigenvalue weighted by Gasteiger charge is -2.30. The second kappa shape index (κ2) is 7.24. The van der Waals surface area contributed by atoms with Crippen LogP contribution < -0.4 is 9.64 Å². The molecule has 140 valence electrons. The lowest BCUT2D eigenvalue weighted by molar-refractivity contribution is 0.398. The van der Waals surface area contributed by atoms with Gasteiger partial charge >= 0.3 is 0 Å². The number of aromatic nitrogens is 4. The van der Waals surface area contributed by atoms with Crippen LogP contribution in [0.1, 0.15) is 28.1 Å². The van der Waals surface area contributed by atoms with Crippen molar-refractivity contribution in [1.29, 1.82) is 5.26 Å². The number of hydrogen-bond donors (Lipinski definition) is 0. The van der Waals surface area contributed by atoms with E-state index in [9.17, 15) is 0 Å². The van der Waals surface area contributed by atoms with Crippen molar-refractivity contribution >= 4 is 5.82 Å². The second-order valence-corrected chi connectivity index (χ2v) is 6.82. The molecule has 28 heavy (non-hydrogen) atoms. The van der Waals surface area contributed by atoms with Crippen LogP contribution in [0, 0.1) is 25.2 Å². The third kappa shape index (κ3) is 3.14. The van der Waals surface area contributed by atoms with E-state index in [0.717, 1.165) is 46.7 Å². The normalized spacial score (nSPS) is 13.0. The zero-order valence-corrected chi connectivity index (χ0v) is 16.1. The van der Waals surface area contributed by atoms with Crippen molar-refractivity contribution in [2.75, 3.05) is 18.6 Å². The van der Waals surface area contributed by atoms with Crippen molar-refractivity contribution in [2.24, 2.45) is 0 Å². The fourth-order valence-corrected chi connectivity index (χ4v) is 3.46. The first kappa shape index (κ1) is 17.9. The number of nitrogens with zero attached hydrogens (tertiary/aromatic N) is 6. The van der Waals surface area contributed by atoms with Crippen LogP contribution in [0.5, 0.6) is 5.88 Å². The SMILES string of the molecule is COc1cc(-c2cnc3c(c2)CN(c2nnc(C#N)c(C)c2C)CC3)ccn1. The number of anilines is 1. The molecule has 0 bridgehead atoms. The number of ether oxygens (including phenoxy) is 1. The summed E-state index contributed by atoms with van der Waals surface area (Å²) < 4.78 is 5.23. The summed E-state index contributed by atoms with van der Waals surface area (Å²) in [7, 11) is 1.61. The lowest BCUT2D eigenvalue weighted by atomic mass is 10.00. The van der Waals surface area contributed by atoms with Gasteiger partial charge in [0.15, 0.2) is 11.5 Å². The summed E-state index contributed by atoms with van der Waals surface area (Å²) in [5, 5.41) is 17.6. The molecule has 0 amide bonds. The highest BCUT2D eigenvalue weighted by Crippen LogP contribution is 2.29. The molecule has 4 heterocycles. The molecule has 0 saturated heterocycles. The van der Waals surface area contributed by atoms with Gasteiger partial charge in [0.1, 0.15) is 6.07 Å². The maximum atomic E-state index is 9.16. The fourth-order valence-electron chi connectivity index (χ4n) is 3.46. The molecule has 0 radical (unpaired) electrons. The highest BCUT2D eigenvalue weighted by Gasteiger charge is 2.22. The molecule has 7 nitrogen and oxygen atoms in total. The van der Waals surface area contributed by atoms with E-state index in [-0.39, 0.29) is 0 Å². The minimum atomic E-state index is 0.384. The highest BCUT2D eigenvalue weighted by molar-refractivity contribution is 5.65. The first-order valence-corrected chi connectivity index (χ1v) is 9.08. The molecule has 0 atom stereocenters. The van der Waals surface area contributed by atoms with Gasteiger partial charge in [-0.05, 0) is 48.2 Å². The molecule has 0 aromatic carbocycles. The average Bonchev–Trinajstić information content (AvgIpc) is 2.75. The molecule has 0 saturated carbocycles. The predicted molar refractivity (Wildman–Crippen MR) is 105 cm³/mol. The first-order chi connectivity index (χ1) is 13.6. The Hall–Kier alpha value is -3.53. The molecule has 4 rings (SSSR count). The Morgan fingerprint density at radius 3 is 2.75 bits per heavy atom. The number of pyridine rings is 2. The van der Waals surface area contributed by atoms with Crippen molar-refractivity contribution in [3.05, 3.63) is 58.7 Å². The van der Waals surface area contributed by atoms with E-state index >= 15 is 0 Å². The van der Waals surface area contributed by atoms with Gasteiger partial charge in [0.05, 0.1) is 7.11 Å². The fraction of sp³-hybridized carbons (Fsp3) is 0.286. The summed E-state index contributed by atoms with van der Waals surface area (Å²) in [4.78, 5) is 11.1. The van der Waals surface area contributed by atoms with Gasteiger partial charge in [-0.3, -0.25) is 4.98 Å². The Morgan fingerprint density at radius 1 is 1.11 bits per heavy atom. The Bertz CT molecular complexity index is 1090. The summed E-state index contributed by atoms with van der Waals surface area (Å²) in [6.45, 7) is 5.44. The molecular weight excluding hydrogens is 352 g/mol. The average molecular weight is 372 g/mol. The summed E-state index contributed by atoms with van der Waals surface area (Å²) in [5.74, 6) is 1.41. The zero-order valence-electron chi connectivity index (χ0n) is 16.1. The molecule has 0 aliphatic carbocycles. The monoisotopic (exact) mass is 372 g/mol. The summed E-state index contributed by atoms with van der Waals surface area (Å²) in [6.07, 6.45) is 4.48. The van der Waals surface area contributed by atoms with Crippen LogP contribution >= 0.6 is 0 Å². The lowest BCUT2D eigenvalue weighted by Crippen LogP contribution is -2.32. The third-order valence-corrected chi connectivity index (χ3v) is 5.22. The molecule has 0 unspecified atom stereocenters. The Kier molecular flexibility index (Phi) is 4.62. The van der Waals surface area contributed by atoms with Gasteiger partial charge < -0.3 is 9.64 Å². The third-order valence-electron chi connectivity index (χ3n) is 5.22. The number of fused-ring (bicyclic) bond motifs is 1. The second-order valence-electron chi connectivity index (χ2n) is 6.82. The van der Waals surface area contributed by atoms with E-state index in [1.807, 2.05) is 32.2 Å². The van der Waals surface area contributed by atoms with Crippen LogP contribution in [0.2, 0.25) is 0 Å². The van der Waals surface area contributed by atoms with E-state index in [2.05, 4.69) is 37.2 Å². The van der Waals surface area contributed by atoms with Crippen molar-refractivity contribution < 1.29 is 4.74 Å². The van der Waals surface area contributed by atoms with E-state index in [1.54, 1.807) is 13.3 Å². The topological polar surface area (TPSA) is 87.8 Å². The zero-order chi connectivity index (χ0) is 19.7. The highest BCUT2D eigenvalue weighted by atomic mass is 16.5. The van der Waals surface area contributed by atoms with Gasteiger partial charge in [0.2, 0.25) is 5.88 Å². The van der Waals surface area contributed by atoms with Crippen molar-refractivity contribution in [3.63, 3.8) is 0 Å². The van der Waals surface area contributed by atoms with Crippen molar-refractivity contribution in [3.8, 4) is 23.1 Å². The largest absolute Gasteiger partial charge is 0.481 e. The summed E-state index contributed by atoms with van der Waals surface area (Å²) in [5.41, 5.74) is 6.59. The molecular formula is C21H20N6O. The molecule has 3 aromatic rings. The molecule has 1 aliphatic heterocycles. The number of hydrogen-bond acceptors (Lipinski definition) is 7. The van der Waals surface area contributed by atoms with Crippen LogP contribution in [0.3, 0.4) is 0 Å². The van der Waals surface area contributed by atoms with Gasteiger partial charge in [-0.15, -0.1) is 10.2 Å². The maximum absolute atomic E-state index is 9.16. The molecule has 0 spiro atoms. The van der Waals surface area contributed by atoms with E-state index in [1.165, 1.54) is 5.56 Å². The van der Waals surface area contributed by atoms with E-state index in [0.29, 0.717) is 18.1 Å². The Labute approximate surface area is 163 Å².